The van der Waals surface area contributed by atoms with Gasteiger partial charge < -0.3 is 16.0 Å². The van der Waals surface area contributed by atoms with Crippen LogP contribution in [-0.4, -0.2) is 43.2 Å². The lowest BCUT2D eigenvalue weighted by molar-refractivity contribution is -0.126. The average molecular weight is 271 g/mol. The van der Waals surface area contributed by atoms with Crippen LogP contribution >= 0.6 is 0 Å². The molecule has 0 aromatic heterocycles. The zero-order chi connectivity index (χ0) is 13.7. The van der Waals surface area contributed by atoms with Crippen molar-refractivity contribution in [2.75, 3.05) is 13.2 Å². The molecule has 1 saturated heterocycles. The van der Waals surface area contributed by atoms with E-state index in [-0.39, 0.29) is 24.0 Å². The fraction of sp³-hybridized carbons (Fsp3) is 0.846. The first kappa shape index (κ1) is 14.2. The van der Waals surface area contributed by atoms with E-state index in [0.29, 0.717) is 0 Å². The van der Waals surface area contributed by atoms with Crippen molar-refractivity contribution in [1.82, 2.24) is 16.0 Å². The van der Waals surface area contributed by atoms with Gasteiger partial charge in [-0.2, -0.15) is 0 Å². The van der Waals surface area contributed by atoms with Gasteiger partial charge >= 0.3 is 0 Å². The smallest absolute Gasteiger partial charge is 0.251 e. The number of halogens is 1. The van der Waals surface area contributed by atoms with E-state index in [0.717, 1.165) is 45.1 Å². The van der Waals surface area contributed by atoms with E-state index in [1.165, 1.54) is 0 Å². The van der Waals surface area contributed by atoms with Crippen LogP contribution in [0.3, 0.4) is 0 Å². The maximum absolute atomic E-state index is 12.3. The highest BCUT2D eigenvalue weighted by atomic mass is 19.1. The van der Waals surface area contributed by atoms with Crippen LogP contribution in [0, 0.1) is 0 Å². The van der Waals surface area contributed by atoms with Gasteiger partial charge in [-0.05, 0) is 32.2 Å². The van der Waals surface area contributed by atoms with Crippen LogP contribution in [0.2, 0.25) is 0 Å². The van der Waals surface area contributed by atoms with Crippen LogP contribution in [-0.2, 0) is 9.59 Å². The van der Waals surface area contributed by atoms with Gasteiger partial charge in [0.05, 0.1) is 6.04 Å². The zero-order valence-electron chi connectivity index (χ0n) is 11.1. The predicted octanol–water partition coefficient (Wildman–Crippen LogP) is 0.252. The van der Waals surface area contributed by atoms with Gasteiger partial charge in [0, 0.05) is 12.1 Å². The molecule has 3 atom stereocenters. The van der Waals surface area contributed by atoms with Crippen molar-refractivity contribution in [3.63, 3.8) is 0 Å². The first-order valence-electron chi connectivity index (χ1n) is 7.10. The van der Waals surface area contributed by atoms with Crippen LogP contribution in [0.5, 0.6) is 0 Å². The van der Waals surface area contributed by atoms with Crippen LogP contribution < -0.4 is 16.0 Å². The summed E-state index contributed by atoms with van der Waals surface area (Å²) < 4.78 is 12.3. The monoisotopic (exact) mass is 271 g/mol. The van der Waals surface area contributed by atoms with Crippen molar-refractivity contribution in [2.24, 2.45) is 0 Å². The largest absolute Gasteiger partial charge is 0.350 e. The SMILES string of the molecule is O=C(CF)N[C@@H]1CCCC[C@H]1NC(=O)[C@@H]1CCCN1. The van der Waals surface area contributed by atoms with Crippen molar-refractivity contribution >= 4 is 11.8 Å². The summed E-state index contributed by atoms with van der Waals surface area (Å²) in [7, 11) is 0. The number of carbonyl (C=O) groups is 2. The molecule has 0 aromatic carbocycles. The summed E-state index contributed by atoms with van der Waals surface area (Å²) in [5.41, 5.74) is 0. The molecule has 0 spiro atoms. The van der Waals surface area contributed by atoms with Gasteiger partial charge in [-0.3, -0.25) is 9.59 Å². The van der Waals surface area contributed by atoms with Gasteiger partial charge in [-0.1, -0.05) is 12.8 Å². The van der Waals surface area contributed by atoms with E-state index in [1.807, 2.05) is 0 Å². The van der Waals surface area contributed by atoms with Gasteiger partial charge in [0.2, 0.25) is 5.91 Å². The summed E-state index contributed by atoms with van der Waals surface area (Å²) in [6.45, 7) is -0.119. The number of carbonyl (C=O) groups excluding carboxylic acids is 2. The molecule has 19 heavy (non-hydrogen) atoms. The maximum atomic E-state index is 12.3. The number of rotatable bonds is 4. The lowest BCUT2D eigenvalue weighted by atomic mass is 9.90. The highest BCUT2D eigenvalue weighted by molar-refractivity contribution is 5.82. The number of hydrogen-bond acceptors (Lipinski definition) is 3. The second-order valence-corrected chi connectivity index (χ2v) is 5.36. The van der Waals surface area contributed by atoms with Crippen molar-refractivity contribution in [3.8, 4) is 0 Å². The van der Waals surface area contributed by atoms with E-state index < -0.39 is 12.6 Å². The van der Waals surface area contributed by atoms with Crippen molar-refractivity contribution < 1.29 is 14.0 Å². The minimum atomic E-state index is -0.999. The molecule has 0 unspecified atom stereocenters. The predicted molar refractivity (Wildman–Crippen MR) is 69.3 cm³/mol. The first-order valence-corrected chi connectivity index (χ1v) is 7.10. The Hall–Kier alpha value is -1.17. The van der Waals surface area contributed by atoms with Crippen molar-refractivity contribution in [3.05, 3.63) is 0 Å². The summed E-state index contributed by atoms with van der Waals surface area (Å²) in [6, 6.07) is -0.319. The summed E-state index contributed by atoms with van der Waals surface area (Å²) in [4.78, 5) is 23.2. The molecule has 2 fully saturated rings. The van der Waals surface area contributed by atoms with Crippen LogP contribution in [0.15, 0.2) is 0 Å². The summed E-state index contributed by atoms with van der Waals surface area (Å²) in [6.07, 6.45) is 5.56. The number of nitrogens with one attached hydrogen (secondary N) is 3. The number of amides is 2. The van der Waals surface area contributed by atoms with Crippen molar-refractivity contribution in [1.29, 1.82) is 0 Å². The van der Waals surface area contributed by atoms with Gasteiger partial charge in [-0.15, -0.1) is 0 Å². The molecular formula is C13H22FN3O2. The van der Waals surface area contributed by atoms with E-state index in [2.05, 4.69) is 16.0 Å². The molecule has 0 bridgehead atoms. The molecule has 1 aliphatic heterocycles. The molecule has 0 aromatic rings. The quantitative estimate of drug-likeness (QED) is 0.686. The average Bonchev–Trinajstić information content (AvgIpc) is 2.95. The normalized spacial score (nSPS) is 30.9. The third-order valence-electron chi connectivity index (χ3n) is 3.94. The zero-order valence-corrected chi connectivity index (χ0v) is 11.1. The van der Waals surface area contributed by atoms with Crippen LogP contribution in [0.4, 0.5) is 4.39 Å². The standard InChI is InChI=1S/C13H22FN3O2/c14-8-12(18)16-9-4-1-2-5-10(9)17-13(19)11-6-3-7-15-11/h9-11,15H,1-8H2,(H,16,18)(H,17,19)/t9-,10-,11+/m1/s1. The molecule has 108 valence electrons. The van der Waals surface area contributed by atoms with Gasteiger partial charge in [0.25, 0.3) is 5.91 Å². The molecule has 6 heteroatoms. The molecular weight excluding hydrogens is 249 g/mol. The highest BCUT2D eigenvalue weighted by Crippen LogP contribution is 2.19. The first-order chi connectivity index (χ1) is 9.20. The minimum absolute atomic E-state index is 0.00361. The molecule has 1 heterocycles. The fourth-order valence-electron chi connectivity index (χ4n) is 2.91. The van der Waals surface area contributed by atoms with Gasteiger partial charge in [0.1, 0.15) is 0 Å². The third-order valence-corrected chi connectivity index (χ3v) is 3.94. The third kappa shape index (κ3) is 3.89. The van der Waals surface area contributed by atoms with Crippen LogP contribution in [0.25, 0.3) is 0 Å². The molecule has 5 nitrogen and oxygen atoms in total. The van der Waals surface area contributed by atoms with E-state index in [1.54, 1.807) is 0 Å². The Labute approximate surface area is 112 Å². The Bertz CT molecular complexity index is 332. The molecule has 2 amide bonds. The van der Waals surface area contributed by atoms with Gasteiger partial charge in [-0.25, -0.2) is 4.39 Å². The van der Waals surface area contributed by atoms with Crippen LogP contribution in [0.1, 0.15) is 38.5 Å². The Kier molecular flexibility index (Phi) is 5.13. The lowest BCUT2D eigenvalue weighted by Gasteiger charge is -2.33. The van der Waals surface area contributed by atoms with E-state index in [4.69, 9.17) is 0 Å². The molecule has 2 rings (SSSR count). The molecule has 1 saturated carbocycles. The Balaban J connectivity index is 1.87. The second-order valence-electron chi connectivity index (χ2n) is 5.36. The highest BCUT2D eigenvalue weighted by Gasteiger charge is 2.30. The lowest BCUT2D eigenvalue weighted by Crippen LogP contribution is -2.56. The number of hydrogen-bond donors (Lipinski definition) is 3. The second kappa shape index (κ2) is 6.84. The van der Waals surface area contributed by atoms with Crippen molar-refractivity contribution in [2.45, 2.75) is 56.7 Å². The Morgan fingerprint density at radius 3 is 2.32 bits per heavy atom. The Morgan fingerprint density at radius 1 is 1.05 bits per heavy atom. The summed E-state index contributed by atoms with van der Waals surface area (Å²) in [5, 5.41) is 8.82. The summed E-state index contributed by atoms with van der Waals surface area (Å²) in [5.74, 6) is -0.589. The van der Waals surface area contributed by atoms with E-state index in [9.17, 15) is 14.0 Å². The number of alkyl halides is 1. The molecule has 2 aliphatic rings. The van der Waals surface area contributed by atoms with E-state index >= 15 is 0 Å². The topological polar surface area (TPSA) is 70.2 Å². The maximum Gasteiger partial charge on any atom is 0.251 e. The Morgan fingerprint density at radius 2 is 1.74 bits per heavy atom. The molecule has 3 N–H and O–H groups in total. The van der Waals surface area contributed by atoms with Gasteiger partial charge in [0.15, 0.2) is 6.67 Å². The fourth-order valence-corrected chi connectivity index (χ4v) is 2.91. The minimum Gasteiger partial charge on any atom is -0.350 e. The molecule has 0 radical (unpaired) electrons. The molecule has 1 aliphatic carbocycles. The summed E-state index contributed by atoms with van der Waals surface area (Å²) >= 11 is 0.